The van der Waals surface area contributed by atoms with Crippen LogP contribution >= 0.6 is 11.8 Å². The highest BCUT2D eigenvalue weighted by Gasteiger charge is 2.21. The Kier molecular flexibility index (Phi) is 11.0. The first kappa shape index (κ1) is 29.2. The maximum atomic E-state index is 12.5. The van der Waals surface area contributed by atoms with Gasteiger partial charge in [-0.1, -0.05) is 0 Å². The molecule has 0 saturated heterocycles. The zero-order valence-electron chi connectivity index (χ0n) is 21.5. The summed E-state index contributed by atoms with van der Waals surface area (Å²) in [4.78, 5) is 47.0. The monoisotopic (exact) mass is 526 g/mol. The van der Waals surface area contributed by atoms with Gasteiger partial charge >= 0.3 is 11.9 Å². The third-order valence-electron chi connectivity index (χ3n) is 4.88. The number of ether oxygens (including phenoxy) is 2. The Bertz CT molecular complexity index is 1100. The fraction of sp³-hybridized carbons (Fsp3) is 0.308. The quantitative estimate of drug-likeness (QED) is 0.210. The van der Waals surface area contributed by atoms with Gasteiger partial charge in [0.15, 0.2) is 0 Å². The summed E-state index contributed by atoms with van der Waals surface area (Å²) in [6.07, 6.45) is 0. The molecule has 0 aliphatic carbocycles. The van der Waals surface area contributed by atoms with Gasteiger partial charge in [0.05, 0.1) is 21.9 Å². The molecule has 2 N–H and O–H groups in total. The minimum atomic E-state index is -0.553. The van der Waals surface area contributed by atoms with Gasteiger partial charge in [0.2, 0.25) is 0 Å². The number of carbonyl (C=O) groups is 4. The predicted octanol–water partition coefficient (Wildman–Crippen LogP) is 3.43. The molecular weight excluding hydrogens is 496 g/mol. The van der Waals surface area contributed by atoms with Crippen LogP contribution in [0, 0.1) is 0 Å². The Labute approximate surface area is 219 Å². The highest BCUT2D eigenvalue weighted by Crippen LogP contribution is 2.18. The van der Waals surface area contributed by atoms with Crippen LogP contribution in [0.4, 0.5) is 0 Å². The molecular formula is C26H30N4O6S. The van der Waals surface area contributed by atoms with Gasteiger partial charge in [0, 0.05) is 13.8 Å². The Hall–Kier alpha value is -3.99. The molecule has 2 aromatic rings. The van der Waals surface area contributed by atoms with Crippen molar-refractivity contribution in [3.63, 3.8) is 0 Å². The molecule has 0 radical (unpaired) electrons. The van der Waals surface area contributed by atoms with Crippen molar-refractivity contribution in [3.05, 3.63) is 59.7 Å². The van der Waals surface area contributed by atoms with Gasteiger partial charge in [0.25, 0.3) is 11.8 Å². The summed E-state index contributed by atoms with van der Waals surface area (Å²) in [6.45, 7) is 9.48. The highest BCUT2D eigenvalue weighted by molar-refractivity contribution is 8.01. The first-order chi connectivity index (χ1) is 17.5. The minimum Gasteiger partial charge on any atom is -0.427 e. The lowest BCUT2D eigenvalue weighted by Crippen LogP contribution is -2.33. The average Bonchev–Trinajstić information content (AvgIpc) is 2.85. The third-order valence-corrected chi connectivity index (χ3v) is 6.13. The number of benzene rings is 2. The lowest BCUT2D eigenvalue weighted by atomic mass is 10.1. The van der Waals surface area contributed by atoms with Gasteiger partial charge in [-0.3, -0.25) is 19.2 Å². The van der Waals surface area contributed by atoms with Crippen LogP contribution in [0.1, 0.15) is 52.7 Å². The summed E-state index contributed by atoms with van der Waals surface area (Å²) >= 11 is 1.17. The molecule has 0 fully saturated rings. The van der Waals surface area contributed by atoms with Crippen LogP contribution in [-0.4, -0.2) is 45.7 Å². The third kappa shape index (κ3) is 9.88. The summed E-state index contributed by atoms with van der Waals surface area (Å²) in [5, 5.41) is 7.13. The van der Waals surface area contributed by atoms with Crippen LogP contribution in [-0.2, 0) is 19.2 Å². The first-order valence-electron chi connectivity index (χ1n) is 11.4. The molecule has 11 heteroatoms. The number of hydrazone groups is 2. The van der Waals surface area contributed by atoms with E-state index in [4.69, 9.17) is 9.47 Å². The largest absolute Gasteiger partial charge is 0.427 e. The number of amides is 2. The molecule has 2 rings (SSSR count). The zero-order chi connectivity index (χ0) is 27.5. The molecule has 0 spiro atoms. The van der Waals surface area contributed by atoms with Gasteiger partial charge in [0.1, 0.15) is 11.5 Å². The first-order valence-corrected chi connectivity index (χ1v) is 12.3. The van der Waals surface area contributed by atoms with Crippen molar-refractivity contribution >= 4 is 46.9 Å². The Morgan fingerprint density at radius 3 is 1.27 bits per heavy atom. The van der Waals surface area contributed by atoms with Gasteiger partial charge in [-0.25, -0.2) is 10.9 Å². The summed E-state index contributed by atoms with van der Waals surface area (Å²) in [6, 6.07) is 13.5. The molecule has 2 amide bonds. The second-order valence-electron chi connectivity index (χ2n) is 8.00. The van der Waals surface area contributed by atoms with Crippen LogP contribution in [0.3, 0.4) is 0 Å². The van der Waals surface area contributed by atoms with E-state index in [1.165, 1.54) is 25.6 Å². The van der Waals surface area contributed by atoms with Crippen molar-refractivity contribution in [1.29, 1.82) is 0 Å². The van der Waals surface area contributed by atoms with Gasteiger partial charge in [-0.05, 0) is 87.4 Å². The molecule has 2 atom stereocenters. The van der Waals surface area contributed by atoms with Gasteiger partial charge in [-0.2, -0.15) is 10.2 Å². The second kappa shape index (κ2) is 13.9. The lowest BCUT2D eigenvalue weighted by molar-refractivity contribution is -0.132. The van der Waals surface area contributed by atoms with E-state index in [0.717, 1.165) is 11.1 Å². The summed E-state index contributed by atoms with van der Waals surface area (Å²) in [5.41, 5.74) is 7.65. The molecule has 37 heavy (non-hydrogen) atoms. The predicted molar refractivity (Wildman–Crippen MR) is 143 cm³/mol. The maximum absolute atomic E-state index is 12.5. The SMILES string of the molecule is CC(=O)Oc1ccc(/C(C)=N\NC(=O)[C@H](C)S[C@@H](C)C(=O)N/N=C(/C)c2ccc(OC(C)=O)cc2)cc1. The Morgan fingerprint density at radius 2 is 0.973 bits per heavy atom. The van der Waals surface area contributed by atoms with E-state index >= 15 is 0 Å². The molecule has 2 aromatic carbocycles. The van der Waals surface area contributed by atoms with Crippen molar-refractivity contribution in [2.24, 2.45) is 10.2 Å². The normalized spacial score (nSPS) is 13.2. The number of nitrogens with zero attached hydrogens (tertiary/aromatic N) is 2. The molecule has 0 heterocycles. The molecule has 0 saturated carbocycles. The van der Waals surface area contributed by atoms with Crippen molar-refractivity contribution < 1.29 is 28.7 Å². The van der Waals surface area contributed by atoms with Gasteiger partial charge in [-0.15, -0.1) is 11.8 Å². The van der Waals surface area contributed by atoms with Gasteiger partial charge < -0.3 is 9.47 Å². The standard InChI is InChI=1S/C26H30N4O6S/c1-15(21-7-11-23(12-8-21)35-19(5)31)27-29-25(33)17(3)37-18(4)26(34)30-28-16(2)22-9-13-24(14-10-22)36-20(6)32/h7-14,17-18H,1-6H3,(H,29,33)(H,30,34)/b27-15-,28-16-/t17-,18-/m0/s1. The minimum absolute atomic E-state index is 0.354. The smallest absolute Gasteiger partial charge is 0.308 e. The number of rotatable bonds is 10. The summed E-state index contributed by atoms with van der Waals surface area (Å²) in [7, 11) is 0. The van der Waals surface area contributed by atoms with E-state index in [0.29, 0.717) is 22.9 Å². The van der Waals surface area contributed by atoms with Crippen molar-refractivity contribution in [3.8, 4) is 11.5 Å². The van der Waals surface area contributed by atoms with E-state index in [1.807, 2.05) is 0 Å². The van der Waals surface area contributed by atoms with E-state index in [-0.39, 0.29) is 11.8 Å². The van der Waals surface area contributed by atoms with Crippen molar-refractivity contribution in [1.82, 2.24) is 10.9 Å². The number of carbonyl (C=O) groups excluding carboxylic acids is 4. The highest BCUT2D eigenvalue weighted by atomic mass is 32.2. The van der Waals surface area contributed by atoms with Crippen LogP contribution in [0.25, 0.3) is 0 Å². The molecule has 0 aliphatic heterocycles. The van der Waals surface area contributed by atoms with Crippen LogP contribution in [0.15, 0.2) is 58.7 Å². The van der Waals surface area contributed by atoms with Crippen molar-refractivity contribution in [2.75, 3.05) is 0 Å². The Balaban J connectivity index is 1.86. The Morgan fingerprint density at radius 1 is 0.649 bits per heavy atom. The van der Waals surface area contributed by atoms with Crippen LogP contribution in [0.5, 0.6) is 11.5 Å². The number of hydrogen-bond donors (Lipinski definition) is 2. The molecule has 0 unspecified atom stereocenters. The van der Waals surface area contributed by atoms with E-state index in [9.17, 15) is 19.2 Å². The number of nitrogens with one attached hydrogen (secondary N) is 2. The van der Waals surface area contributed by atoms with Crippen molar-refractivity contribution in [2.45, 2.75) is 52.0 Å². The van der Waals surface area contributed by atoms with E-state index in [2.05, 4.69) is 21.1 Å². The van der Waals surface area contributed by atoms with Crippen LogP contribution < -0.4 is 20.3 Å². The summed E-state index contributed by atoms with van der Waals surface area (Å²) < 4.78 is 9.99. The second-order valence-corrected chi connectivity index (χ2v) is 9.69. The van der Waals surface area contributed by atoms with E-state index in [1.54, 1.807) is 76.2 Å². The molecule has 0 aromatic heterocycles. The number of hydrogen-bond acceptors (Lipinski definition) is 9. The molecule has 0 bridgehead atoms. The maximum Gasteiger partial charge on any atom is 0.308 e. The fourth-order valence-corrected chi connectivity index (χ4v) is 3.84. The topological polar surface area (TPSA) is 136 Å². The average molecular weight is 527 g/mol. The molecule has 196 valence electrons. The van der Waals surface area contributed by atoms with Crippen LogP contribution in [0.2, 0.25) is 0 Å². The lowest BCUT2D eigenvalue weighted by Gasteiger charge is -2.15. The fourth-order valence-electron chi connectivity index (χ4n) is 2.88. The zero-order valence-corrected chi connectivity index (χ0v) is 22.3. The number of thioether (sulfide) groups is 1. The molecule has 10 nitrogen and oxygen atoms in total. The summed E-state index contributed by atoms with van der Waals surface area (Å²) in [5.74, 6) is -0.687. The molecule has 0 aliphatic rings. The number of esters is 2. The van der Waals surface area contributed by atoms with E-state index < -0.39 is 22.4 Å².